The molecule has 1 fully saturated rings. The van der Waals surface area contributed by atoms with E-state index in [1.807, 2.05) is 17.5 Å². The van der Waals surface area contributed by atoms with Gasteiger partial charge in [-0.15, -0.1) is 21.5 Å². The molecule has 1 unspecified atom stereocenters. The largest absolute Gasteiger partial charge is 0.481 e. The van der Waals surface area contributed by atoms with Crippen molar-refractivity contribution in [2.24, 2.45) is 0 Å². The molecule has 2 aromatic rings. The quantitative estimate of drug-likeness (QED) is 0.914. The molecule has 112 valence electrons. The van der Waals surface area contributed by atoms with Gasteiger partial charge in [0.15, 0.2) is 0 Å². The molecule has 2 aromatic heterocycles. The van der Waals surface area contributed by atoms with Crippen LogP contribution in [-0.4, -0.2) is 38.8 Å². The molecule has 1 N–H and O–H groups in total. The summed E-state index contributed by atoms with van der Waals surface area (Å²) in [7, 11) is 0. The summed E-state index contributed by atoms with van der Waals surface area (Å²) in [5.74, 6) is 0.333. The highest BCUT2D eigenvalue weighted by atomic mass is 32.1. The van der Waals surface area contributed by atoms with Gasteiger partial charge >= 0.3 is 5.97 Å². The van der Waals surface area contributed by atoms with Gasteiger partial charge in [-0.3, -0.25) is 9.69 Å². The summed E-state index contributed by atoms with van der Waals surface area (Å²) in [6.45, 7) is 1.41. The highest BCUT2D eigenvalue weighted by Gasteiger charge is 2.26. The van der Waals surface area contributed by atoms with Crippen LogP contribution in [0.4, 0.5) is 0 Å². The number of rotatable bonds is 5. The molecule has 0 radical (unpaired) electrons. The van der Waals surface area contributed by atoms with Crippen LogP contribution in [0.5, 0.6) is 0 Å². The molecule has 1 saturated heterocycles. The zero-order valence-electron chi connectivity index (χ0n) is 11.6. The van der Waals surface area contributed by atoms with Crippen LogP contribution >= 0.6 is 11.3 Å². The van der Waals surface area contributed by atoms with Crippen molar-refractivity contribution in [1.29, 1.82) is 0 Å². The lowest BCUT2D eigenvalue weighted by molar-refractivity contribution is -0.138. The van der Waals surface area contributed by atoms with E-state index in [1.54, 1.807) is 11.3 Å². The number of aromatic nitrogens is 2. The fraction of sp³-hybridized carbons (Fsp3) is 0.500. The summed E-state index contributed by atoms with van der Waals surface area (Å²) in [6, 6.07) is 3.95. The van der Waals surface area contributed by atoms with Gasteiger partial charge in [-0.2, -0.15) is 0 Å². The van der Waals surface area contributed by atoms with Crippen LogP contribution in [0.1, 0.15) is 31.6 Å². The van der Waals surface area contributed by atoms with E-state index < -0.39 is 5.97 Å². The Morgan fingerprint density at radius 3 is 3.14 bits per heavy atom. The molecule has 1 aliphatic heterocycles. The number of likely N-dealkylation sites (tertiary alicyclic amines) is 1. The topological polar surface area (TPSA) is 79.5 Å². The number of aliphatic carboxylic acids is 1. The third-order valence-corrected chi connectivity index (χ3v) is 4.55. The molecule has 0 aliphatic carbocycles. The second-order valence-corrected chi connectivity index (χ2v) is 6.14. The number of carboxylic acids is 1. The minimum absolute atomic E-state index is 0.0633. The Morgan fingerprint density at radius 1 is 1.48 bits per heavy atom. The number of carboxylic acid groups (broad SMARTS) is 1. The second-order valence-electron chi connectivity index (χ2n) is 5.20. The fourth-order valence-corrected chi connectivity index (χ4v) is 3.34. The van der Waals surface area contributed by atoms with Crippen LogP contribution in [0.25, 0.3) is 10.8 Å². The molecule has 0 bridgehead atoms. The van der Waals surface area contributed by atoms with E-state index in [0.717, 1.165) is 30.7 Å². The number of hydrogen-bond acceptors (Lipinski definition) is 6. The number of hydrogen-bond donors (Lipinski definition) is 1. The number of carbonyl (C=O) groups is 1. The Balaban J connectivity index is 1.68. The van der Waals surface area contributed by atoms with Gasteiger partial charge in [-0.05, 0) is 30.8 Å². The predicted molar refractivity (Wildman–Crippen MR) is 77.9 cm³/mol. The van der Waals surface area contributed by atoms with Crippen LogP contribution in [0, 0.1) is 0 Å². The first kappa shape index (κ1) is 14.2. The van der Waals surface area contributed by atoms with E-state index in [9.17, 15) is 4.79 Å². The molecule has 0 aromatic carbocycles. The van der Waals surface area contributed by atoms with Crippen LogP contribution in [0.2, 0.25) is 0 Å². The van der Waals surface area contributed by atoms with Gasteiger partial charge in [0, 0.05) is 6.04 Å². The summed E-state index contributed by atoms with van der Waals surface area (Å²) in [5, 5.41) is 19.1. The van der Waals surface area contributed by atoms with E-state index in [1.165, 1.54) is 0 Å². The Bertz CT molecular complexity index is 596. The average Bonchev–Trinajstić information content (AvgIpc) is 3.11. The summed E-state index contributed by atoms with van der Waals surface area (Å²) in [5.41, 5.74) is 0. The maximum atomic E-state index is 10.9. The SMILES string of the molecule is O=C(O)CC1CCCCN1Cc1nnc(-c2cccs2)o1. The molecular weight excluding hydrogens is 290 g/mol. The molecule has 0 spiro atoms. The third-order valence-electron chi connectivity index (χ3n) is 3.70. The Labute approximate surface area is 126 Å². The van der Waals surface area contributed by atoms with Crippen molar-refractivity contribution < 1.29 is 14.3 Å². The zero-order chi connectivity index (χ0) is 14.7. The standard InChI is InChI=1S/C14H17N3O3S/c18-13(19)8-10-4-1-2-6-17(10)9-12-15-16-14(20-12)11-5-3-7-21-11/h3,5,7,10H,1-2,4,6,8-9H2,(H,18,19). The average molecular weight is 307 g/mol. The number of piperidine rings is 1. The molecule has 0 saturated carbocycles. The predicted octanol–water partition coefficient (Wildman–Crippen LogP) is 2.63. The van der Waals surface area contributed by atoms with Crippen LogP contribution in [-0.2, 0) is 11.3 Å². The van der Waals surface area contributed by atoms with Gasteiger partial charge in [0.2, 0.25) is 5.89 Å². The van der Waals surface area contributed by atoms with Gasteiger partial charge in [0.05, 0.1) is 17.8 Å². The molecule has 0 amide bonds. The molecule has 3 heterocycles. The minimum atomic E-state index is -0.753. The minimum Gasteiger partial charge on any atom is -0.481 e. The molecule has 1 aliphatic rings. The number of nitrogens with zero attached hydrogens (tertiary/aromatic N) is 3. The Morgan fingerprint density at radius 2 is 2.38 bits per heavy atom. The Hall–Kier alpha value is -1.73. The van der Waals surface area contributed by atoms with Crippen molar-refractivity contribution >= 4 is 17.3 Å². The van der Waals surface area contributed by atoms with E-state index in [0.29, 0.717) is 18.3 Å². The summed E-state index contributed by atoms with van der Waals surface area (Å²) < 4.78 is 5.68. The van der Waals surface area contributed by atoms with Crippen molar-refractivity contribution in [3.8, 4) is 10.8 Å². The van der Waals surface area contributed by atoms with Crippen molar-refractivity contribution in [3.05, 3.63) is 23.4 Å². The fourth-order valence-electron chi connectivity index (χ4n) is 2.69. The molecule has 21 heavy (non-hydrogen) atoms. The number of thiophene rings is 1. The monoisotopic (exact) mass is 307 g/mol. The van der Waals surface area contributed by atoms with Gasteiger partial charge in [-0.1, -0.05) is 12.5 Å². The van der Waals surface area contributed by atoms with Crippen molar-refractivity contribution in [2.75, 3.05) is 6.54 Å². The van der Waals surface area contributed by atoms with Gasteiger partial charge in [0.25, 0.3) is 5.89 Å². The summed E-state index contributed by atoms with van der Waals surface area (Å²) >= 11 is 1.56. The van der Waals surface area contributed by atoms with Crippen LogP contribution in [0.15, 0.2) is 21.9 Å². The van der Waals surface area contributed by atoms with E-state index in [4.69, 9.17) is 9.52 Å². The van der Waals surface area contributed by atoms with Crippen molar-refractivity contribution in [3.63, 3.8) is 0 Å². The first-order valence-electron chi connectivity index (χ1n) is 7.04. The molecule has 3 rings (SSSR count). The molecule has 7 heteroatoms. The first-order chi connectivity index (χ1) is 10.2. The summed E-state index contributed by atoms with van der Waals surface area (Å²) in [4.78, 5) is 14.0. The lowest BCUT2D eigenvalue weighted by Crippen LogP contribution is -2.40. The molecule has 6 nitrogen and oxygen atoms in total. The van der Waals surface area contributed by atoms with Gasteiger partial charge in [-0.25, -0.2) is 0 Å². The second kappa shape index (κ2) is 6.36. The van der Waals surface area contributed by atoms with E-state index in [2.05, 4.69) is 15.1 Å². The van der Waals surface area contributed by atoms with Gasteiger partial charge < -0.3 is 9.52 Å². The normalized spacial score (nSPS) is 19.7. The van der Waals surface area contributed by atoms with E-state index in [-0.39, 0.29) is 12.5 Å². The van der Waals surface area contributed by atoms with E-state index >= 15 is 0 Å². The third kappa shape index (κ3) is 3.48. The van der Waals surface area contributed by atoms with Crippen molar-refractivity contribution in [2.45, 2.75) is 38.3 Å². The molecular formula is C14H17N3O3S. The van der Waals surface area contributed by atoms with Crippen LogP contribution < -0.4 is 0 Å². The maximum Gasteiger partial charge on any atom is 0.304 e. The lowest BCUT2D eigenvalue weighted by atomic mass is 9.99. The Kier molecular flexibility index (Phi) is 4.31. The highest BCUT2D eigenvalue weighted by Crippen LogP contribution is 2.25. The summed E-state index contributed by atoms with van der Waals surface area (Å²) in [6.07, 6.45) is 3.25. The first-order valence-corrected chi connectivity index (χ1v) is 7.92. The highest BCUT2D eigenvalue weighted by molar-refractivity contribution is 7.13. The van der Waals surface area contributed by atoms with Crippen LogP contribution in [0.3, 0.4) is 0 Å². The smallest absolute Gasteiger partial charge is 0.304 e. The zero-order valence-corrected chi connectivity index (χ0v) is 12.4. The maximum absolute atomic E-state index is 10.9. The lowest BCUT2D eigenvalue weighted by Gasteiger charge is -2.33. The molecule has 1 atom stereocenters. The van der Waals surface area contributed by atoms with Gasteiger partial charge in [0.1, 0.15) is 0 Å². The van der Waals surface area contributed by atoms with Crippen molar-refractivity contribution in [1.82, 2.24) is 15.1 Å².